The first-order valence-electron chi connectivity index (χ1n) is 5.73. The number of hydrogen-bond acceptors (Lipinski definition) is 0. The van der Waals surface area contributed by atoms with E-state index in [1.165, 1.54) is 0 Å². The Labute approximate surface area is 141 Å². The van der Waals surface area contributed by atoms with Gasteiger partial charge in [-0.2, -0.15) is 109 Å². The number of rotatable bonds is 0. The molecule has 0 fully saturated rings. The molecule has 3 aromatic carbocycles. The Morgan fingerprint density at radius 1 is 0.350 bits per heavy atom. The molecule has 0 radical (unpaired) electrons. The van der Waals surface area contributed by atoms with Crippen LogP contribution in [0.5, 0.6) is 0 Å². The molecular formula is C18H16ClPd-3. The van der Waals surface area contributed by atoms with Crippen LogP contribution in [-0.2, 0) is 20.4 Å². The molecule has 0 nitrogen and oxygen atoms in total. The van der Waals surface area contributed by atoms with Crippen molar-refractivity contribution in [3.63, 3.8) is 0 Å². The molecule has 0 aliphatic rings. The summed E-state index contributed by atoms with van der Waals surface area (Å²) in [5.41, 5.74) is 0. The molecule has 20 heavy (non-hydrogen) atoms. The summed E-state index contributed by atoms with van der Waals surface area (Å²) in [7, 11) is 0. The molecule has 0 spiro atoms. The summed E-state index contributed by atoms with van der Waals surface area (Å²) in [5.74, 6) is 0. The molecule has 0 aliphatic carbocycles. The minimum absolute atomic E-state index is 0. The Morgan fingerprint density at radius 3 is 0.600 bits per heavy atom. The van der Waals surface area contributed by atoms with Crippen LogP contribution in [0, 0.1) is 18.2 Å². The van der Waals surface area contributed by atoms with Crippen molar-refractivity contribution in [2.45, 2.75) is 0 Å². The molecule has 0 unspecified atom stereocenters. The second-order valence-electron chi connectivity index (χ2n) is 3.23. The van der Waals surface area contributed by atoms with Crippen LogP contribution in [-0.4, -0.2) is 0 Å². The number of halogens is 1. The maximum Gasteiger partial charge on any atom is 0 e. The molecule has 0 atom stereocenters. The van der Waals surface area contributed by atoms with Gasteiger partial charge < -0.3 is 0 Å². The zero-order valence-electron chi connectivity index (χ0n) is 10.9. The van der Waals surface area contributed by atoms with Crippen LogP contribution in [0.1, 0.15) is 0 Å². The fourth-order valence-electron chi connectivity index (χ4n) is 1.03. The molecule has 0 aromatic heterocycles. The van der Waals surface area contributed by atoms with E-state index in [1.54, 1.807) is 0 Å². The average Bonchev–Trinajstić information content (AvgIpc) is 2.54. The van der Waals surface area contributed by atoms with E-state index < -0.39 is 0 Å². The molecule has 0 N–H and O–H groups in total. The monoisotopic (exact) mass is 373 g/mol. The van der Waals surface area contributed by atoms with Crippen LogP contribution in [0.15, 0.2) is 91.0 Å². The summed E-state index contributed by atoms with van der Waals surface area (Å²) >= 11 is 0. The molecule has 0 saturated carbocycles. The van der Waals surface area contributed by atoms with Crippen LogP contribution in [0.4, 0.5) is 0 Å². The van der Waals surface area contributed by atoms with Gasteiger partial charge >= 0.3 is 0 Å². The van der Waals surface area contributed by atoms with E-state index in [0.717, 1.165) is 0 Å². The van der Waals surface area contributed by atoms with Crippen molar-refractivity contribution in [1.29, 1.82) is 0 Å². The second kappa shape index (κ2) is 17.6. The molecule has 0 amide bonds. The normalized spacial score (nSPS) is 7.20. The molecule has 3 rings (SSSR count). The van der Waals surface area contributed by atoms with Gasteiger partial charge in [0.1, 0.15) is 0 Å². The van der Waals surface area contributed by atoms with E-state index in [9.17, 15) is 0 Å². The van der Waals surface area contributed by atoms with Gasteiger partial charge in [0, 0.05) is 20.4 Å². The van der Waals surface area contributed by atoms with Crippen LogP contribution in [0.25, 0.3) is 0 Å². The molecule has 0 bridgehead atoms. The Balaban J connectivity index is 0. The van der Waals surface area contributed by atoms with Gasteiger partial charge in [0.15, 0.2) is 0 Å². The first-order chi connectivity index (χ1) is 9.00. The Kier molecular flexibility index (Phi) is 18.4. The Hall–Kier alpha value is -1.39. The quantitative estimate of drug-likeness (QED) is 0.389. The van der Waals surface area contributed by atoms with Crippen LogP contribution >= 0.6 is 12.4 Å². The summed E-state index contributed by atoms with van der Waals surface area (Å²) in [6, 6.07) is 37.5. The van der Waals surface area contributed by atoms with Crippen LogP contribution < -0.4 is 0 Å². The minimum atomic E-state index is 0. The van der Waals surface area contributed by atoms with Crippen molar-refractivity contribution >= 4 is 12.4 Å². The predicted octanol–water partition coefficient (Wildman–Crippen LogP) is 4.88. The van der Waals surface area contributed by atoms with E-state index in [4.69, 9.17) is 0 Å². The van der Waals surface area contributed by atoms with Crippen LogP contribution in [0.2, 0.25) is 0 Å². The molecule has 0 heterocycles. The summed E-state index contributed by atoms with van der Waals surface area (Å²) in [6.07, 6.45) is 0. The van der Waals surface area contributed by atoms with E-state index in [2.05, 4.69) is 18.2 Å². The van der Waals surface area contributed by atoms with Gasteiger partial charge in [-0.1, -0.05) is 0 Å². The molecule has 3 aromatic rings. The average molecular weight is 374 g/mol. The first kappa shape index (κ1) is 20.9. The van der Waals surface area contributed by atoms with Gasteiger partial charge in [-0.15, -0.1) is 12.4 Å². The van der Waals surface area contributed by atoms with Crippen molar-refractivity contribution in [3.05, 3.63) is 109 Å². The van der Waals surface area contributed by atoms with E-state index in [1.807, 2.05) is 91.0 Å². The van der Waals surface area contributed by atoms with Crippen molar-refractivity contribution in [2.75, 3.05) is 0 Å². The van der Waals surface area contributed by atoms with Gasteiger partial charge in [-0.25, -0.2) is 0 Å². The summed E-state index contributed by atoms with van der Waals surface area (Å²) in [4.78, 5) is 0. The fraction of sp³-hybridized carbons (Fsp3) is 0. The third kappa shape index (κ3) is 14.7. The van der Waals surface area contributed by atoms with Crippen molar-refractivity contribution < 1.29 is 20.4 Å². The summed E-state index contributed by atoms with van der Waals surface area (Å²) in [6.45, 7) is 0. The van der Waals surface area contributed by atoms with Gasteiger partial charge in [0.05, 0.1) is 0 Å². The third-order valence-electron chi connectivity index (χ3n) is 1.82. The SMILES string of the molecule is Cl.[Pd].[c-]1ccccc1.[c-]1ccccc1.[c-]1ccccc1. The second-order valence-corrected chi connectivity index (χ2v) is 3.23. The Morgan fingerprint density at radius 2 is 0.550 bits per heavy atom. The first-order valence-corrected chi connectivity index (χ1v) is 5.73. The smallest absolute Gasteiger partial charge is 0 e. The summed E-state index contributed by atoms with van der Waals surface area (Å²) < 4.78 is 0. The minimum Gasteiger partial charge on any atom is -0.184 e. The largest absolute Gasteiger partial charge is 0.184 e. The number of hydrogen-bond donors (Lipinski definition) is 0. The summed E-state index contributed by atoms with van der Waals surface area (Å²) in [5, 5.41) is 0. The van der Waals surface area contributed by atoms with Crippen molar-refractivity contribution in [3.8, 4) is 0 Å². The fourth-order valence-corrected chi connectivity index (χ4v) is 1.03. The Bertz CT molecular complexity index is 302. The van der Waals surface area contributed by atoms with Crippen molar-refractivity contribution in [1.82, 2.24) is 0 Å². The molecule has 108 valence electrons. The van der Waals surface area contributed by atoms with Gasteiger partial charge in [0.25, 0.3) is 0 Å². The standard InChI is InChI=1S/3C6H5.ClH.Pd/c3*1-2-4-6-5-3-1;;/h3*1-5H;1H;/q3*-1;;. The van der Waals surface area contributed by atoms with Crippen LogP contribution in [0.3, 0.4) is 0 Å². The van der Waals surface area contributed by atoms with Crippen molar-refractivity contribution in [2.24, 2.45) is 0 Å². The van der Waals surface area contributed by atoms with E-state index in [0.29, 0.717) is 0 Å². The maximum atomic E-state index is 2.89. The molecule has 0 saturated heterocycles. The zero-order chi connectivity index (χ0) is 12.7. The third-order valence-corrected chi connectivity index (χ3v) is 1.82. The molecule has 2 heteroatoms. The van der Waals surface area contributed by atoms with Gasteiger partial charge in [0.2, 0.25) is 0 Å². The predicted molar refractivity (Wildman–Crippen MR) is 83.1 cm³/mol. The zero-order valence-corrected chi connectivity index (χ0v) is 13.3. The van der Waals surface area contributed by atoms with E-state index in [-0.39, 0.29) is 32.8 Å². The topological polar surface area (TPSA) is 0 Å². The maximum absolute atomic E-state index is 2.89. The number of benzene rings is 3. The molecular weight excluding hydrogens is 358 g/mol. The van der Waals surface area contributed by atoms with E-state index >= 15 is 0 Å². The van der Waals surface area contributed by atoms with Gasteiger partial charge in [-0.3, -0.25) is 0 Å². The molecule has 0 aliphatic heterocycles. The van der Waals surface area contributed by atoms with Gasteiger partial charge in [-0.05, 0) is 0 Å².